The van der Waals surface area contributed by atoms with Crippen LogP contribution in [0.4, 0.5) is 0 Å². The van der Waals surface area contributed by atoms with Gasteiger partial charge in [-0.05, 0) is 24.3 Å². The second-order valence-corrected chi connectivity index (χ2v) is 8.25. The van der Waals surface area contributed by atoms with Crippen LogP contribution in [0.5, 0.6) is 5.75 Å². The van der Waals surface area contributed by atoms with Gasteiger partial charge in [0.05, 0.1) is 10.3 Å². The lowest BCUT2D eigenvalue weighted by Crippen LogP contribution is -2.20. The number of sulfone groups is 1. The van der Waals surface area contributed by atoms with Gasteiger partial charge in [0.2, 0.25) is 15.3 Å². The van der Waals surface area contributed by atoms with E-state index in [-0.39, 0.29) is 4.90 Å². The number of aldehydes is 1. The number of aromatic amines is 1. The minimum absolute atomic E-state index is 0.167. The van der Waals surface area contributed by atoms with E-state index in [1.807, 2.05) is 6.07 Å². The van der Waals surface area contributed by atoms with Gasteiger partial charge in [-0.1, -0.05) is 54.6 Å². The summed E-state index contributed by atoms with van der Waals surface area (Å²) < 4.78 is 32.8. The number of carbonyl (C=O) groups is 1. The molecule has 0 aliphatic rings. The number of hydrogen-bond donors (Lipinski definition) is 1. The van der Waals surface area contributed by atoms with Crippen molar-refractivity contribution < 1.29 is 17.9 Å². The normalized spacial score (nSPS) is 12.6. The molecule has 0 fully saturated rings. The summed E-state index contributed by atoms with van der Waals surface area (Å²) in [6, 6.07) is 22.2. The fourth-order valence-corrected chi connectivity index (χ4v) is 4.67. The molecule has 5 nitrogen and oxygen atoms in total. The van der Waals surface area contributed by atoms with Crippen LogP contribution in [-0.4, -0.2) is 19.7 Å². The van der Waals surface area contributed by atoms with E-state index in [1.54, 1.807) is 79.0 Å². The number of ether oxygens (including phenoxy) is 1. The molecule has 1 atom stereocenters. The van der Waals surface area contributed by atoms with Crippen LogP contribution in [-0.2, 0) is 9.84 Å². The van der Waals surface area contributed by atoms with Gasteiger partial charge in [-0.3, -0.25) is 4.79 Å². The Morgan fingerprint density at radius 1 is 0.857 bits per heavy atom. The van der Waals surface area contributed by atoms with E-state index in [2.05, 4.69) is 4.98 Å². The highest BCUT2D eigenvalue weighted by molar-refractivity contribution is 7.91. The second-order valence-electron chi connectivity index (χ2n) is 6.26. The Morgan fingerprint density at radius 2 is 1.54 bits per heavy atom. The first-order valence-electron chi connectivity index (χ1n) is 8.67. The summed E-state index contributed by atoms with van der Waals surface area (Å²) in [6.45, 7) is 0. The van der Waals surface area contributed by atoms with E-state index >= 15 is 0 Å². The van der Waals surface area contributed by atoms with E-state index < -0.39 is 15.3 Å². The van der Waals surface area contributed by atoms with E-state index in [0.29, 0.717) is 27.8 Å². The molecule has 0 aliphatic carbocycles. The smallest absolute Gasteiger partial charge is 0.228 e. The average molecular weight is 391 g/mol. The number of carbonyl (C=O) groups excluding carboxylic acids is 1. The average Bonchev–Trinajstić information content (AvgIpc) is 3.17. The number of benzene rings is 3. The van der Waals surface area contributed by atoms with Gasteiger partial charge < -0.3 is 9.72 Å². The molecule has 140 valence electrons. The van der Waals surface area contributed by atoms with Crippen molar-refractivity contribution in [1.29, 1.82) is 0 Å². The summed E-state index contributed by atoms with van der Waals surface area (Å²) in [5, 5.41) is 0.557. The SMILES string of the molecule is O=Cc1c[nH]c2cccc(OC(c3ccccc3)S(=O)(=O)c3ccccc3)c12. The number of aromatic nitrogens is 1. The highest BCUT2D eigenvalue weighted by atomic mass is 32.2. The third kappa shape index (κ3) is 3.18. The molecule has 0 saturated heterocycles. The predicted molar refractivity (Wildman–Crippen MR) is 107 cm³/mol. The number of H-pyrrole nitrogens is 1. The maximum absolute atomic E-state index is 13.4. The fourth-order valence-electron chi connectivity index (χ4n) is 3.14. The quantitative estimate of drug-likeness (QED) is 0.490. The van der Waals surface area contributed by atoms with Crippen molar-refractivity contribution in [1.82, 2.24) is 4.98 Å². The first kappa shape index (κ1) is 18.0. The Bertz CT molecular complexity index is 1220. The maximum Gasteiger partial charge on any atom is 0.228 e. The van der Waals surface area contributed by atoms with Gasteiger partial charge in [-0.25, -0.2) is 8.42 Å². The number of fused-ring (bicyclic) bond motifs is 1. The van der Waals surface area contributed by atoms with Gasteiger partial charge in [0.1, 0.15) is 5.75 Å². The molecule has 0 bridgehead atoms. The summed E-state index contributed by atoms with van der Waals surface area (Å²) in [7, 11) is -3.84. The van der Waals surface area contributed by atoms with Crippen LogP contribution in [0.3, 0.4) is 0 Å². The molecule has 0 saturated carbocycles. The van der Waals surface area contributed by atoms with Crippen molar-refractivity contribution in [3.8, 4) is 5.75 Å². The molecular weight excluding hydrogens is 374 g/mol. The number of rotatable bonds is 6. The Hall–Kier alpha value is -3.38. The molecule has 4 aromatic rings. The predicted octanol–water partition coefficient (Wildman–Crippen LogP) is 4.53. The molecule has 1 heterocycles. The van der Waals surface area contributed by atoms with Crippen molar-refractivity contribution in [3.05, 3.63) is 96.2 Å². The fraction of sp³-hybridized carbons (Fsp3) is 0.0455. The first-order chi connectivity index (χ1) is 13.6. The van der Waals surface area contributed by atoms with Crippen LogP contribution >= 0.6 is 0 Å². The summed E-state index contributed by atoms with van der Waals surface area (Å²) in [4.78, 5) is 14.6. The van der Waals surface area contributed by atoms with Crippen LogP contribution in [0.15, 0.2) is 90.0 Å². The van der Waals surface area contributed by atoms with Crippen molar-refractivity contribution in [2.45, 2.75) is 10.3 Å². The Kier molecular flexibility index (Phi) is 4.71. The van der Waals surface area contributed by atoms with Gasteiger partial charge in [0.25, 0.3) is 0 Å². The van der Waals surface area contributed by atoms with Crippen LogP contribution in [0.1, 0.15) is 21.4 Å². The van der Waals surface area contributed by atoms with E-state index in [1.165, 1.54) is 0 Å². The largest absolute Gasteiger partial charge is 0.469 e. The minimum atomic E-state index is -3.84. The molecule has 0 spiro atoms. The molecule has 4 rings (SSSR count). The second kappa shape index (κ2) is 7.32. The zero-order chi connectivity index (χ0) is 19.6. The maximum atomic E-state index is 13.4. The van der Waals surface area contributed by atoms with Gasteiger partial charge in [0, 0.05) is 22.8 Å². The molecule has 0 aliphatic heterocycles. The van der Waals surface area contributed by atoms with Gasteiger partial charge >= 0.3 is 0 Å². The summed E-state index contributed by atoms with van der Waals surface area (Å²) >= 11 is 0. The third-order valence-electron chi connectivity index (χ3n) is 4.48. The Balaban J connectivity index is 1.87. The van der Waals surface area contributed by atoms with Crippen LogP contribution in [0.25, 0.3) is 10.9 Å². The highest BCUT2D eigenvalue weighted by Crippen LogP contribution is 2.36. The molecule has 0 radical (unpaired) electrons. The van der Waals surface area contributed by atoms with Crippen LogP contribution < -0.4 is 4.74 Å². The van der Waals surface area contributed by atoms with Crippen LogP contribution in [0, 0.1) is 0 Å². The highest BCUT2D eigenvalue weighted by Gasteiger charge is 2.31. The van der Waals surface area contributed by atoms with Crippen LogP contribution in [0.2, 0.25) is 0 Å². The summed E-state index contributed by atoms with van der Waals surface area (Å²) in [5.41, 5.74) is 0.362. The van der Waals surface area contributed by atoms with Gasteiger partial charge in [-0.2, -0.15) is 0 Å². The minimum Gasteiger partial charge on any atom is -0.469 e. The summed E-state index contributed by atoms with van der Waals surface area (Å²) in [5.74, 6) is 0.328. The Morgan fingerprint density at radius 3 is 2.21 bits per heavy atom. The van der Waals surface area contributed by atoms with Gasteiger partial charge in [-0.15, -0.1) is 0 Å². The lowest BCUT2D eigenvalue weighted by molar-refractivity contribution is 0.112. The Labute approximate surface area is 162 Å². The van der Waals surface area contributed by atoms with E-state index in [9.17, 15) is 13.2 Å². The van der Waals surface area contributed by atoms with Crippen molar-refractivity contribution >= 4 is 27.0 Å². The number of nitrogens with one attached hydrogen (secondary N) is 1. The van der Waals surface area contributed by atoms with Crippen molar-refractivity contribution in [3.63, 3.8) is 0 Å². The molecule has 3 aromatic carbocycles. The third-order valence-corrected chi connectivity index (χ3v) is 6.35. The van der Waals surface area contributed by atoms with Gasteiger partial charge in [0.15, 0.2) is 6.29 Å². The lowest BCUT2D eigenvalue weighted by Gasteiger charge is -2.21. The molecule has 28 heavy (non-hydrogen) atoms. The topological polar surface area (TPSA) is 76.2 Å². The lowest BCUT2D eigenvalue weighted by atomic mass is 10.1. The monoisotopic (exact) mass is 391 g/mol. The number of hydrogen-bond acceptors (Lipinski definition) is 4. The molecule has 0 amide bonds. The molecule has 1 N–H and O–H groups in total. The molecular formula is C22H17NO4S. The molecule has 1 unspecified atom stereocenters. The molecule has 6 heteroatoms. The summed E-state index contributed by atoms with van der Waals surface area (Å²) in [6.07, 6.45) is 2.29. The molecule has 1 aromatic heterocycles. The van der Waals surface area contributed by atoms with E-state index in [0.717, 1.165) is 6.29 Å². The van der Waals surface area contributed by atoms with E-state index in [4.69, 9.17) is 4.74 Å². The zero-order valence-corrected chi connectivity index (χ0v) is 15.6. The first-order valence-corrected chi connectivity index (χ1v) is 10.2. The standard InChI is InChI=1S/C22H17NO4S/c24-15-17-14-23-19-12-7-13-20(21(17)19)27-22(16-8-3-1-4-9-16)28(25,26)18-10-5-2-6-11-18/h1-15,22-23H. The van der Waals surface area contributed by atoms with Crippen molar-refractivity contribution in [2.75, 3.05) is 0 Å². The van der Waals surface area contributed by atoms with Crippen molar-refractivity contribution in [2.24, 2.45) is 0 Å². The zero-order valence-electron chi connectivity index (χ0n) is 14.8.